The fraction of sp³-hybridized carbons (Fsp3) is 0. The highest BCUT2D eigenvalue weighted by molar-refractivity contribution is 7.08. The van der Waals surface area contributed by atoms with E-state index in [1.165, 1.54) is 17.2 Å². The molecule has 0 atom stereocenters. The topological polar surface area (TPSA) is 43.1 Å². The van der Waals surface area contributed by atoms with Crippen LogP contribution in [0.2, 0.25) is 0 Å². The normalized spacial score (nSPS) is 10.8. The number of benzene rings is 1. The fourth-order valence-electron chi connectivity index (χ4n) is 1.39. The van der Waals surface area contributed by atoms with E-state index in [1.54, 1.807) is 17.4 Å². The van der Waals surface area contributed by atoms with E-state index < -0.39 is 5.91 Å². The summed E-state index contributed by atoms with van der Waals surface area (Å²) in [5.74, 6) is -0.429. The summed E-state index contributed by atoms with van der Waals surface area (Å²) in [5, 5.41) is 4.16. The van der Waals surface area contributed by atoms with Gasteiger partial charge in [0.2, 0.25) is 5.91 Å². The van der Waals surface area contributed by atoms with Gasteiger partial charge in [-0.2, -0.15) is 11.3 Å². The average molecular weight is 229 g/mol. The summed E-state index contributed by atoms with van der Waals surface area (Å²) < 4.78 is 0. The standard InChI is InChI=1S/C13H11NOS/c14-13(15)6-3-10-1-4-11(5-2-10)12-7-8-16-9-12/h1-9H,(H2,14,15)/b6-3-. The number of thiophene rings is 1. The number of amides is 1. The van der Waals surface area contributed by atoms with Gasteiger partial charge in [0.15, 0.2) is 0 Å². The Bertz CT molecular complexity index is 497. The van der Waals surface area contributed by atoms with Crippen molar-refractivity contribution in [2.24, 2.45) is 5.73 Å². The molecule has 1 heterocycles. The Hall–Kier alpha value is -1.87. The van der Waals surface area contributed by atoms with Gasteiger partial charge in [-0.3, -0.25) is 4.79 Å². The first-order valence-electron chi connectivity index (χ1n) is 4.86. The highest BCUT2D eigenvalue weighted by Crippen LogP contribution is 2.22. The number of rotatable bonds is 3. The minimum Gasteiger partial charge on any atom is -0.366 e. The second-order valence-corrected chi connectivity index (χ2v) is 4.15. The first kappa shape index (κ1) is 10.6. The molecule has 0 saturated heterocycles. The summed E-state index contributed by atoms with van der Waals surface area (Å²) in [6, 6.07) is 10.1. The van der Waals surface area contributed by atoms with Crippen molar-refractivity contribution in [2.45, 2.75) is 0 Å². The van der Waals surface area contributed by atoms with Crippen LogP contribution in [0.3, 0.4) is 0 Å². The zero-order chi connectivity index (χ0) is 11.4. The summed E-state index contributed by atoms with van der Waals surface area (Å²) in [6.45, 7) is 0. The Balaban J connectivity index is 2.20. The van der Waals surface area contributed by atoms with E-state index in [0.717, 1.165) is 5.56 Å². The average Bonchev–Trinajstić information content (AvgIpc) is 2.80. The minimum absolute atomic E-state index is 0.429. The van der Waals surface area contributed by atoms with Crippen LogP contribution in [-0.2, 0) is 4.79 Å². The van der Waals surface area contributed by atoms with E-state index in [2.05, 4.69) is 16.8 Å². The van der Waals surface area contributed by atoms with Gasteiger partial charge in [-0.05, 0) is 39.6 Å². The maximum absolute atomic E-state index is 10.6. The monoisotopic (exact) mass is 229 g/mol. The molecule has 0 aliphatic carbocycles. The lowest BCUT2D eigenvalue weighted by molar-refractivity contribution is -0.113. The summed E-state index contributed by atoms with van der Waals surface area (Å²) in [5.41, 5.74) is 8.39. The molecule has 0 bridgehead atoms. The Labute approximate surface area is 98.0 Å². The van der Waals surface area contributed by atoms with Crippen LogP contribution in [0, 0.1) is 0 Å². The molecule has 0 aliphatic heterocycles. The molecule has 2 rings (SSSR count). The third-order valence-electron chi connectivity index (χ3n) is 2.21. The first-order chi connectivity index (χ1) is 7.75. The number of carbonyl (C=O) groups excluding carboxylic acids is 1. The SMILES string of the molecule is NC(=O)/C=C\c1ccc(-c2ccsc2)cc1. The first-order valence-corrected chi connectivity index (χ1v) is 5.80. The zero-order valence-electron chi connectivity index (χ0n) is 8.59. The highest BCUT2D eigenvalue weighted by atomic mass is 32.1. The maximum atomic E-state index is 10.6. The van der Waals surface area contributed by atoms with Crippen molar-refractivity contribution >= 4 is 23.3 Å². The molecule has 1 aromatic carbocycles. The van der Waals surface area contributed by atoms with Gasteiger partial charge < -0.3 is 5.73 Å². The predicted octanol–water partition coefficient (Wildman–Crippen LogP) is 2.91. The van der Waals surface area contributed by atoms with Gasteiger partial charge in [-0.25, -0.2) is 0 Å². The predicted molar refractivity (Wildman–Crippen MR) is 68.0 cm³/mol. The van der Waals surface area contributed by atoms with Gasteiger partial charge in [0.25, 0.3) is 0 Å². The lowest BCUT2D eigenvalue weighted by Gasteiger charge is -1.98. The molecule has 0 fully saturated rings. The van der Waals surface area contributed by atoms with Crippen LogP contribution in [0.5, 0.6) is 0 Å². The van der Waals surface area contributed by atoms with Gasteiger partial charge >= 0.3 is 0 Å². The van der Waals surface area contributed by atoms with E-state index >= 15 is 0 Å². The van der Waals surface area contributed by atoms with Gasteiger partial charge in [0.1, 0.15) is 0 Å². The quantitative estimate of drug-likeness (QED) is 0.808. The molecule has 2 N–H and O–H groups in total. The lowest BCUT2D eigenvalue weighted by Crippen LogP contribution is -2.04. The molecule has 1 amide bonds. The van der Waals surface area contributed by atoms with Crippen LogP contribution in [0.4, 0.5) is 0 Å². The molecule has 3 heteroatoms. The van der Waals surface area contributed by atoms with Crippen molar-refractivity contribution < 1.29 is 4.79 Å². The molecule has 2 aromatic rings. The van der Waals surface area contributed by atoms with Crippen LogP contribution >= 0.6 is 11.3 Å². The third-order valence-corrected chi connectivity index (χ3v) is 2.89. The molecule has 0 unspecified atom stereocenters. The van der Waals surface area contributed by atoms with E-state index in [-0.39, 0.29) is 0 Å². The molecule has 0 radical (unpaired) electrons. The lowest BCUT2D eigenvalue weighted by atomic mass is 10.1. The van der Waals surface area contributed by atoms with Crippen LogP contribution in [0.15, 0.2) is 47.2 Å². The van der Waals surface area contributed by atoms with E-state index in [4.69, 9.17) is 5.73 Å². The van der Waals surface area contributed by atoms with Crippen LogP contribution < -0.4 is 5.73 Å². The van der Waals surface area contributed by atoms with Gasteiger partial charge in [-0.15, -0.1) is 0 Å². The number of primary amides is 1. The zero-order valence-corrected chi connectivity index (χ0v) is 9.41. The smallest absolute Gasteiger partial charge is 0.241 e. The third kappa shape index (κ3) is 2.58. The summed E-state index contributed by atoms with van der Waals surface area (Å²) in [6.07, 6.45) is 3.07. The van der Waals surface area contributed by atoms with E-state index in [1.807, 2.05) is 24.3 Å². The maximum Gasteiger partial charge on any atom is 0.241 e. The van der Waals surface area contributed by atoms with Crippen LogP contribution in [0.1, 0.15) is 5.56 Å². The summed E-state index contributed by atoms with van der Waals surface area (Å²) in [7, 11) is 0. The van der Waals surface area contributed by atoms with Crippen LogP contribution in [-0.4, -0.2) is 5.91 Å². The van der Waals surface area contributed by atoms with Gasteiger partial charge in [0.05, 0.1) is 0 Å². The Morgan fingerprint density at radius 3 is 2.44 bits per heavy atom. The molecule has 0 spiro atoms. The second-order valence-electron chi connectivity index (χ2n) is 3.37. The molecule has 2 nitrogen and oxygen atoms in total. The number of hydrogen-bond donors (Lipinski definition) is 1. The highest BCUT2D eigenvalue weighted by Gasteiger charge is 1.96. The Morgan fingerprint density at radius 2 is 1.88 bits per heavy atom. The largest absolute Gasteiger partial charge is 0.366 e. The van der Waals surface area contributed by atoms with Crippen molar-refractivity contribution in [2.75, 3.05) is 0 Å². The fourth-order valence-corrected chi connectivity index (χ4v) is 2.06. The van der Waals surface area contributed by atoms with Crippen molar-refractivity contribution in [1.29, 1.82) is 0 Å². The number of nitrogens with two attached hydrogens (primary N) is 1. The van der Waals surface area contributed by atoms with Crippen molar-refractivity contribution in [3.63, 3.8) is 0 Å². The summed E-state index contributed by atoms with van der Waals surface area (Å²) in [4.78, 5) is 10.6. The van der Waals surface area contributed by atoms with Crippen molar-refractivity contribution in [1.82, 2.24) is 0 Å². The van der Waals surface area contributed by atoms with Gasteiger partial charge in [0, 0.05) is 6.08 Å². The molecule has 16 heavy (non-hydrogen) atoms. The minimum atomic E-state index is -0.429. The molecule has 1 aromatic heterocycles. The number of carbonyl (C=O) groups is 1. The second kappa shape index (κ2) is 4.77. The molecule has 80 valence electrons. The molecule has 0 aliphatic rings. The Morgan fingerprint density at radius 1 is 1.12 bits per heavy atom. The van der Waals surface area contributed by atoms with Gasteiger partial charge in [-0.1, -0.05) is 24.3 Å². The summed E-state index contributed by atoms with van der Waals surface area (Å²) >= 11 is 1.68. The van der Waals surface area contributed by atoms with E-state index in [0.29, 0.717) is 0 Å². The van der Waals surface area contributed by atoms with Crippen molar-refractivity contribution in [3.8, 4) is 11.1 Å². The molecular weight excluding hydrogens is 218 g/mol. The van der Waals surface area contributed by atoms with E-state index in [9.17, 15) is 4.79 Å². The molecule has 0 saturated carbocycles. The number of hydrogen-bond acceptors (Lipinski definition) is 2. The van der Waals surface area contributed by atoms with Crippen molar-refractivity contribution in [3.05, 3.63) is 52.7 Å². The molecular formula is C13H11NOS. The Kier molecular flexibility index (Phi) is 3.17. The van der Waals surface area contributed by atoms with Crippen LogP contribution in [0.25, 0.3) is 17.2 Å².